The second kappa shape index (κ2) is 3.89. The molecule has 0 bridgehead atoms. The Bertz CT molecular complexity index is 393. The lowest BCUT2D eigenvalue weighted by atomic mass is 10.2. The van der Waals surface area contributed by atoms with Gasteiger partial charge < -0.3 is 5.73 Å². The lowest BCUT2D eigenvalue weighted by Crippen LogP contribution is -2.12. The summed E-state index contributed by atoms with van der Waals surface area (Å²) < 4.78 is 0. The molecule has 0 aliphatic carbocycles. The molecule has 2 aromatic heterocycles. The molecule has 0 radical (unpaired) electrons. The highest BCUT2D eigenvalue weighted by Crippen LogP contribution is 2.20. The van der Waals surface area contributed by atoms with Gasteiger partial charge in [-0.2, -0.15) is 5.10 Å². The predicted molar refractivity (Wildman–Crippen MR) is 56.1 cm³/mol. The fraction of sp³-hybridized carbons (Fsp3) is 0.333. The third-order valence-electron chi connectivity index (χ3n) is 2.01. The average Bonchev–Trinajstić information content (AvgIpc) is 2.88. The number of aryl methyl sites for hydroxylation is 1. The van der Waals surface area contributed by atoms with Crippen LogP contribution >= 0.6 is 11.3 Å². The third-order valence-corrected chi connectivity index (χ3v) is 2.97. The van der Waals surface area contributed by atoms with E-state index < -0.39 is 0 Å². The highest BCUT2D eigenvalue weighted by molar-refractivity contribution is 7.10. The van der Waals surface area contributed by atoms with Crippen LogP contribution in [0.2, 0.25) is 0 Å². The fourth-order valence-electron chi connectivity index (χ4n) is 1.20. The Morgan fingerprint density at radius 3 is 3.07 bits per heavy atom. The number of nitrogens with zero attached hydrogens (tertiary/aromatic N) is 2. The van der Waals surface area contributed by atoms with Crippen LogP contribution in [0, 0.1) is 0 Å². The van der Waals surface area contributed by atoms with E-state index in [0.29, 0.717) is 5.82 Å². The molecule has 74 valence electrons. The van der Waals surface area contributed by atoms with Crippen LogP contribution < -0.4 is 5.73 Å². The van der Waals surface area contributed by atoms with Gasteiger partial charge in [0, 0.05) is 11.3 Å². The molecular formula is C9H12N4S. The number of nitrogens with one attached hydrogen (secondary N) is 1. The lowest BCUT2D eigenvalue weighted by Gasteiger charge is -2.02. The van der Waals surface area contributed by atoms with Gasteiger partial charge in [0.2, 0.25) is 0 Å². The molecule has 3 N–H and O–H groups in total. The highest BCUT2D eigenvalue weighted by Gasteiger charge is 2.14. The quantitative estimate of drug-likeness (QED) is 0.802. The Hall–Kier alpha value is -1.20. The summed E-state index contributed by atoms with van der Waals surface area (Å²) in [4.78, 5) is 5.39. The van der Waals surface area contributed by atoms with Gasteiger partial charge in [-0.15, -0.1) is 11.3 Å². The maximum Gasteiger partial charge on any atom is 0.172 e. The van der Waals surface area contributed by atoms with Crippen molar-refractivity contribution in [1.29, 1.82) is 0 Å². The van der Waals surface area contributed by atoms with E-state index in [1.807, 2.05) is 24.4 Å². The molecule has 0 aliphatic rings. The molecule has 0 fully saturated rings. The topological polar surface area (TPSA) is 67.6 Å². The number of nitrogens with two attached hydrogens (primary N) is 1. The van der Waals surface area contributed by atoms with E-state index in [4.69, 9.17) is 5.73 Å². The van der Waals surface area contributed by atoms with Gasteiger partial charge in [0.1, 0.15) is 11.9 Å². The second-order valence-electron chi connectivity index (χ2n) is 2.99. The van der Waals surface area contributed by atoms with Crippen molar-refractivity contribution in [2.45, 2.75) is 19.4 Å². The Morgan fingerprint density at radius 1 is 1.64 bits per heavy atom. The average molecular weight is 208 g/mol. The first-order valence-corrected chi connectivity index (χ1v) is 5.39. The van der Waals surface area contributed by atoms with Crippen LogP contribution in [0.25, 0.3) is 0 Å². The van der Waals surface area contributed by atoms with Crippen LogP contribution in [0.4, 0.5) is 0 Å². The molecule has 0 saturated carbocycles. The monoisotopic (exact) mass is 208 g/mol. The summed E-state index contributed by atoms with van der Waals surface area (Å²) in [6.45, 7) is 2.03. The number of aromatic nitrogens is 3. The zero-order valence-electron chi connectivity index (χ0n) is 7.90. The van der Waals surface area contributed by atoms with Gasteiger partial charge in [0.15, 0.2) is 5.82 Å². The molecule has 1 unspecified atom stereocenters. The van der Waals surface area contributed by atoms with Crippen LogP contribution in [0.1, 0.15) is 29.5 Å². The molecule has 5 heteroatoms. The number of H-pyrrole nitrogens is 1. The van der Waals surface area contributed by atoms with Crippen molar-refractivity contribution < 1.29 is 0 Å². The van der Waals surface area contributed by atoms with E-state index in [-0.39, 0.29) is 6.04 Å². The maximum absolute atomic E-state index is 5.99. The van der Waals surface area contributed by atoms with Gasteiger partial charge in [-0.25, -0.2) is 4.98 Å². The largest absolute Gasteiger partial charge is 0.317 e. The van der Waals surface area contributed by atoms with Crippen molar-refractivity contribution >= 4 is 11.3 Å². The van der Waals surface area contributed by atoms with E-state index in [1.165, 1.54) is 0 Å². The number of rotatable bonds is 3. The number of thiophene rings is 1. The molecule has 1 atom stereocenters. The standard InChI is InChI=1S/C9H12N4S/c1-2-7-11-9(13-12-7)8(10)6-4-3-5-14-6/h3-5,8H,2,10H2,1H3,(H,11,12,13). The molecule has 14 heavy (non-hydrogen) atoms. The minimum atomic E-state index is -0.202. The molecule has 0 spiro atoms. The summed E-state index contributed by atoms with van der Waals surface area (Å²) in [6, 6.07) is 3.77. The van der Waals surface area contributed by atoms with Crippen molar-refractivity contribution in [3.8, 4) is 0 Å². The smallest absolute Gasteiger partial charge is 0.172 e. The third kappa shape index (κ3) is 1.69. The predicted octanol–water partition coefficient (Wildman–Crippen LogP) is 1.48. The van der Waals surface area contributed by atoms with E-state index in [1.54, 1.807) is 11.3 Å². The zero-order chi connectivity index (χ0) is 9.97. The van der Waals surface area contributed by atoms with Crippen molar-refractivity contribution in [2.24, 2.45) is 5.73 Å². The Kier molecular flexibility index (Phi) is 2.60. The van der Waals surface area contributed by atoms with Gasteiger partial charge in [0.25, 0.3) is 0 Å². The first-order chi connectivity index (χ1) is 6.81. The molecule has 0 aliphatic heterocycles. The highest BCUT2D eigenvalue weighted by atomic mass is 32.1. The minimum absolute atomic E-state index is 0.202. The fourth-order valence-corrected chi connectivity index (χ4v) is 1.93. The van der Waals surface area contributed by atoms with Crippen molar-refractivity contribution in [3.63, 3.8) is 0 Å². The van der Waals surface area contributed by atoms with Crippen LogP contribution in [-0.4, -0.2) is 15.2 Å². The van der Waals surface area contributed by atoms with Gasteiger partial charge in [0.05, 0.1) is 0 Å². The molecule has 0 amide bonds. The molecule has 0 saturated heterocycles. The Labute approximate surface area is 86.2 Å². The van der Waals surface area contributed by atoms with Crippen LogP contribution in [0.5, 0.6) is 0 Å². The summed E-state index contributed by atoms with van der Waals surface area (Å²) in [7, 11) is 0. The van der Waals surface area contributed by atoms with E-state index in [9.17, 15) is 0 Å². The summed E-state index contributed by atoms with van der Waals surface area (Å²) in [5.41, 5.74) is 5.99. The molecule has 0 aromatic carbocycles. The Morgan fingerprint density at radius 2 is 2.50 bits per heavy atom. The minimum Gasteiger partial charge on any atom is -0.317 e. The number of aromatic amines is 1. The van der Waals surface area contributed by atoms with Gasteiger partial charge in [-0.1, -0.05) is 13.0 Å². The van der Waals surface area contributed by atoms with Gasteiger partial charge in [-0.3, -0.25) is 5.10 Å². The Balaban J connectivity index is 2.23. The van der Waals surface area contributed by atoms with Crippen molar-refractivity contribution in [2.75, 3.05) is 0 Å². The first kappa shape index (κ1) is 9.36. The van der Waals surface area contributed by atoms with Crippen molar-refractivity contribution in [1.82, 2.24) is 15.2 Å². The number of hydrogen-bond donors (Lipinski definition) is 2. The number of hydrogen-bond acceptors (Lipinski definition) is 4. The molecule has 2 heterocycles. The summed E-state index contributed by atoms with van der Waals surface area (Å²) >= 11 is 1.62. The van der Waals surface area contributed by atoms with E-state index in [0.717, 1.165) is 17.1 Å². The van der Waals surface area contributed by atoms with E-state index >= 15 is 0 Å². The SMILES string of the molecule is CCc1nc(C(N)c2cccs2)n[nH]1. The second-order valence-corrected chi connectivity index (χ2v) is 3.97. The molecular weight excluding hydrogens is 196 g/mol. The first-order valence-electron chi connectivity index (χ1n) is 4.51. The molecule has 4 nitrogen and oxygen atoms in total. The van der Waals surface area contributed by atoms with Crippen LogP contribution in [0.15, 0.2) is 17.5 Å². The van der Waals surface area contributed by atoms with Crippen molar-refractivity contribution in [3.05, 3.63) is 34.0 Å². The molecule has 2 aromatic rings. The van der Waals surface area contributed by atoms with Crippen LogP contribution in [0.3, 0.4) is 0 Å². The van der Waals surface area contributed by atoms with E-state index in [2.05, 4.69) is 15.2 Å². The van der Waals surface area contributed by atoms with Gasteiger partial charge in [-0.05, 0) is 11.4 Å². The molecule has 2 rings (SSSR count). The summed E-state index contributed by atoms with van der Waals surface area (Å²) in [5.74, 6) is 1.55. The van der Waals surface area contributed by atoms with Crippen LogP contribution in [-0.2, 0) is 6.42 Å². The van der Waals surface area contributed by atoms with Gasteiger partial charge >= 0.3 is 0 Å². The summed E-state index contributed by atoms with van der Waals surface area (Å²) in [5, 5.41) is 8.95. The zero-order valence-corrected chi connectivity index (χ0v) is 8.71. The maximum atomic E-state index is 5.99. The lowest BCUT2D eigenvalue weighted by molar-refractivity contribution is 0.801. The normalized spacial score (nSPS) is 13.0. The summed E-state index contributed by atoms with van der Waals surface area (Å²) in [6.07, 6.45) is 0.851.